The van der Waals surface area contributed by atoms with E-state index >= 15 is 0 Å². The van der Waals surface area contributed by atoms with E-state index in [0.29, 0.717) is 5.69 Å². The fourth-order valence-electron chi connectivity index (χ4n) is 1.28. The zero-order valence-electron chi connectivity index (χ0n) is 7.96. The van der Waals surface area contributed by atoms with E-state index in [4.69, 9.17) is 0 Å². The Bertz CT molecular complexity index is 489. The standard InChI is InChI=1S/C9H10N4O/c1-5-6-4-11-8(9(14)10-2)3-7(6)13-12-5/h3-4H,1-2H3,(H,10,14)(H,12,13). The van der Waals surface area contributed by atoms with E-state index in [-0.39, 0.29) is 5.91 Å². The number of amides is 1. The maximum Gasteiger partial charge on any atom is 0.269 e. The number of nitrogens with zero attached hydrogens (tertiary/aromatic N) is 2. The van der Waals surface area contributed by atoms with Crippen molar-refractivity contribution in [2.45, 2.75) is 6.92 Å². The molecule has 0 fully saturated rings. The first-order chi connectivity index (χ1) is 6.72. The average molecular weight is 190 g/mol. The lowest BCUT2D eigenvalue weighted by atomic mass is 10.2. The molecule has 5 nitrogen and oxygen atoms in total. The molecule has 0 saturated heterocycles. The van der Waals surface area contributed by atoms with Gasteiger partial charge in [0.2, 0.25) is 0 Å². The minimum absolute atomic E-state index is 0.201. The van der Waals surface area contributed by atoms with Crippen molar-refractivity contribution in [2.75, 3.05) is 7.05 Å². The van der Waals surface area contributed by atoms with Gasteiger partial charge >= 0.3 is 0 Å². The second-order valence-electron chi connectivity index (χ2n) is 3.01. The highest BCUT2D eigenvalue weighted by molar-refractivity contribution is 5.95. The van der Waals surface area contributed by atoms with Crippen molar-refractivity contribution < 1.29 is 4.79 Å². The van der Waals surface area contributed by atoms with Gasteiger partial charge in [0.05, 0.1) is 5.52 Å². The van der Waals surface area contributed by atoms with E-state index in [2.05, 4.69) is 20.5 Å². The van der Waals surface area contributed by atoms with Crippen LogP contribution in [-0.2, 0) is 0 Å². The van der Waals surface area contributed by atoms with Crippen molar-refractivity contribution in [3.63, 3.8) is 0 Å². The number of aromatic amines is 1. The number of hydrogen-bond donors (Lipinski definition) is 2. The van der Waals surface area contributed by atoms with Gasteiger partial charge < -0.3 is 5.32 Å². The topological polar surface area (TPSA) is 70.7 Å². The number of pyridine rings is 1. The second-order valence-corrected chi connectivity index (χ2v) is 3.01. The summed E-state index contributed by atoms with van der Waals surface area (Å²) in [6.45, 7) is 1.91. The zero-order chi connectivity index (χ0) is 10.1. The molecular weight excluding hydrogens is 180 g/mol. The van der Waals surface area contributed by atoms with Crippen LogP contribution < -0.4 is 5.32 Å². The number of nitrogens with one attached hydrogen (secondary N) is 2. The third-order valence-electron chi connectivity index (χ3n) is 2.09. The summed E-state index contributed by atoms with van der Waals surface area (Å²) in [6.07, 6.45) is 1.65. The summed E-state index contributed by atoms with van der Waals surface area (Å²) in [4.78, 5) is 15.3. The van der Waals surface area contributed by atoms with E-state index in [1.54, 1.807) is 19.3 Å². The van der Waals surface area contributed by atoms with Gasteiger partial charge in [0.1, 0.15) is 5.69 Å². The predicted molar refractivity (Wildman–Crippen MR) is 52.0 cm³/mol. The molecular formula is C9H10N4O. The molecule has 2 heterocycles. The fourth-order valence-corrected chi connectivity index (χ4v) is 1.28. The van der Waals surface area contributed by atoms with Crippen LogP contribution in [-0.4, -0.2) is 28.1 Å². The molecule has 0 atom stereocenters. The zero-order valence-corrected chi connectivity index (χ0v) is 7.96. The summed E-state index contributed by atoms with van der Waals surface area (Å²) >= 11 is 0. The van der Waals surface area contributed by atoms with Crippen LogP contribution in [0, 0.1) is 6.92 Å². The number of aromatic nitrogens is 3. The van der Waals surface area contributed by atoms with Crippen molar-refractivity contribution in [3.8, 4) is 0 Å². The van der Waals surface area contributed by atoms with Gasteiger partial charge in [0.25, 0.3) is 5.91 Å². The van der Waals surface area contributed by atoms with Crippen LogP contribution >= 0.6 is 0 Å². The maximum absolute atomic E-state index is 11.3. The molecule has 0 radical (unpaired) electrons. The summed E-state index contributed by atoms with van der Waals surface area (Å²) in [7, 11) is 1.57. The van der Waals surface area contributed by atoms with E-state index in [0.717, 1.165) is 16.6 Å². The Hall–Kier alpha value is -1.91. The molecule has 0 spiro atoms. The van der Waals surface area contributed by atoms with Crippen LogP contribution in [0.15, 0.2) is 12.3 Å². The number of rotatable bonds is 1. The molecule has 0 aliphatic carbocycles. The Morgan fingerprint density at radius 1 is 1.57 bits per heavy atom. The predicted octanol–water partition coefficient (Wildman–Crippen LogP) is 0.626. The summed E-state index contributed by atoms with van der Waals surface area (Å²) in [5.74, 6) is -0.201. The van der Waals surface area contributed by atoms with Crippen molar-refractivity contribution >= 4 is 16.8 Å². The summed E-state index contributed by atoms with van der Waals surface area (Å²) in [5, 5.41) is 10.3. The molecule has 0 bridgehead atoms. The van der Waals surface area contributed by atoms with Crippen molar-refractivity contribution in [2.24, 2.45) is 0 Å². The summed E-state index contributed by atoms with van der Waals surface area (Å²) < 4.78 is 0. The van der Waals surface area contributed by atoms with Gasteiger partial charge in [-0.1, -0.05) is 0 Å². The van der Waals surface area contributed by atoms with Gasteiger partial charge in [0.15, 0.2) is 0 Å². The van der Waals surface area contributed by atoms with Gasteiger partial charge in [0, 0.05) is 24.3 Å². The fraction of sp³-hybridized carbons (Fsp3) is 0.222. The third-order valence-corrected chi connectivity index (χ3v) is 2.09. The molecule has 72 valence electrons. The number of carbonyl (C=O) groups excluding carboxylic acids is 1. The lowest BCUT2D eigenvalue weighted by molar-refractivity contribution is 0.0958. The van der Waals surface area contributed by atoms with Crippen molar-refractivity contribution in [1.82, 2.24) is 20.5 Å². The molecule has 2 aromatic rings. The molecule has 5 heteroatoms. The van der Waals surface area contributed by atoms with Gasteiger partial charge in [-0.3, -0.25) is 14.9 Å². The van der Waals surface area contributed by atoms with Gasteiger partial charge in [-0.15, -0.1) is 0 Å². The lowest BCUT2D eigenvalue weighted by Crippen LogP contribution is -2.18. The van der Waals surface area contributed by atoms with E-state index < -0.39 is 0 Å². The molecule has 0 aliphatic heterocycles. The highest BCUT2D eigenvalue weighted by atomic mass is 16.1. The minimum Gasteiger partial charge on any atom is -0.354 e. The summed E-state index contributed by atoms with van der Waals surface area (Å²) in [6, 6.07) is 1.66. The quantitative estimate of drug-likeness (QED) is 0.692. The monoisotopic (exact) mass is 190 g/mol. The van der Waals surface area contributed by atoms with Gasteiger partial charge in [-0.25, -0.2) is 0 Å². The average Bonchev–Trinajstić information content (AvgIpc) is 2.59. The minimum atomic E-state index is -0.201. The SMILES string of the molecule is CNC(=O)c1cc2n[nH]c(C)c2cn1. The molecule has 0 saturated carbocycles. The number of H-pyrrole nitrogens is 1. The van der Waals surface area contributed by atoms with Crippen LogP contribution in [0.3, 0.4) is 0 Å². The number of carbonyl (C=O) groups is 1. The Morgan fingerprint density at radius 2 is 2.36 bits per heavy atom. The molecule has 2 rings (SSSR count). The lowest BCUT2D eigenvalue weighted by Gasteiger charge is -1.97. The molecule has 2 N–H and O–H groups in total. The van der Waals surface area contributed by atoms with E-state index in [1.807, 2.05) is 6.92 Å². The van der Waals surface area contributed by atoms with E-state index in [9.17, 15) is 4.79 Å². The van der Waals surface area contributed by atoms with Gasteiger partial charge in [-0.2, -0.15) is 5.10 Å². The van der Waals surface area contributed by atoms with Gasteiger partial charge in [-0.05, 0) is 13.0 Å². The largest absolute Gasteiger partial charge is 0.354 e. The Kier molecular flexibility index (Phi) is 1.92. The highest BCUT2D eigenvalue weighted by Crippen LogP contribution is 2.14. The molecule has 0 aliphatic rings. The number of aryl methyl sites for hydroxylation is 1. The molecule has 0 unspecified atom stereocenters. The Morgan fingerprint density at radius 3 is 3.07 bits per heavy atom. The van der Waals surface area contributed by atoms with Crippen molar-refractivity contribution in [3.05, 3.63) is 23.7 Å². The molecule has 14 heavy (non-hydrogen) atoms. The highest BCUT2D eigenvalue weighted by Gasteiger charge is 2.08. The van der Waals surface area contributed by atoms with Crippen LogP contribution in [0.25, 0.3) is 10.9 Å². The Labute approximate surface area is 80.5 Å². The third kappa shape index (κ3) is 1.22. The van der Waals surface area contributed by atoms with Crippen LogP contribution in [0.2, 0.25) is 0 Å². The molecule has 0 aromatic carbocycles. The first-order valence-electron chi connectivity index (χ1n) is 4.25. The van der Waals surface area contributed by atoms with Crippen molar-refractivity contribution in [1.29, 1.82) is 0 Å². The first-order valence-corrected chi connectivity index (χ1v) is 4.25. The molecule has 1 amide bonds. The maximum atomic E-state index is 11.3. The normalized spacial score (nSPS) is 10.4. The van der Waals surface area contributed by atoms with Crippen LogP contribution in [0.4, 0.5) is 0 Å². The Balaban J connectivity index is 2.57. The number of fused-ring (bicyclic) bond motifs is 1. The van der Waals surface area contributed by atoms with Crippen LogP contribution in [0.5, 0.6) is 0 Å². The smallest absolute Gasteiger partial charge is 0.269 e. The number of hydrogen-bond acceptors (Lipinski definition) is 3. The molecule has 2 aromatic heterocycles. The second kappa shape index (κ2) is 3.10. The van der Waals surface area contributed by atoms with E-state index in [1.165, 1.54) is 0 Å². The first kappa shape index (κ1) is 8.68. The van der Waals surface area contributed by atoms with Crippen LogP contribution in [0.1, 0.15) is 16.2 Å². The summed E-state index contributed by atoms with van der Waals surface area (Å²) in [5.41, 5.74) is 2.10.